The van der Waals surface area contributed by atoms with Gasteiger partial charge in [0.15, 0.2) is 0 Å². The summed E-state index contributed by atoms with van der Waals surface area (Å²) in [5.74, 6) is 0.446. The Balaban J connectivity index is 1.94. The molecule has 0 radical (unpaired) electrons. The monoisotopic (exact) mass is 375 g/mol. The largest absolute Gasteiger partial charge is 0.498 e. The van der Waals surface area contributed by atoms with Gasteiger partial charge in [0, 0.05) is 48.1 Å². The summed E-state index contributed by atoms with van der Waals surface area (Å²) in [7, 11) is 3.35. The fourth-order valence-electron chi connectivity index (χ4n) is 4.76. The molecule has 3 heterocycles. The number of aromatic nitrogens is 1. The van der Waals surface area contributed by atoms with E-state index in [1.165, 1.54) is 5.57 Å². The third-order valence-electron chi connectivity index (χ3n) is 6.00. The van der Waals surface area contributed by atoms with Crippen LogP contribution < -0.4 is 0 Å². The zero-order valence-corrected chi connectivity index (χ0v) is 17.0. The van der Waals surface area contributed by atoms with Crippen LogP contribution in [0.4, 0.5) is 0 Å². The Morgan fingerprint density at radius 1 is 1.29 bits per heavy atom. The van der Waals surface area contributed by atoms with E-state index in [0.717, 1.165) is 45.8 Å². The van der Waals surface area contributed by atoms with E-state index in [1.54, 1.807) is 20.4 Å². The molecule has 3 unspecified atom stereocenters. The van der Waals surface area contributed by atoms with Crippen molar-refractivity contribution < 1.29 is 9.47 Å². The molecule has 28 heavy (non-hydrogen) atoms. The molecular formula is C23H25N3O2. The summed E-state index contributed by atoms with van der Waals surface area (Å²) in [6.07, 6.45) is 8.58. The number of methoxy groups -OCH3 is 2. The minimum atomic E-state index is -0.323. The summed E-state index contributed by atoms with van der Waals surface area (Å²) in [6.45, 7) is 6.39. The van der Waals surface area contributed by atoms with Crippen LogP contribution in [0, 0.1) is 24.2 Å². The number of hydrogen-bond donors (Lipinski definition) is 0. The van der Waals surface area contributed by atoms with Crippen LogP contribution >= 0.6 is 0 Å². The lowest BCUT2D eigenvalue weighted by molar-refractivity contribution is 0.108. The van der Waals surface area contributed by atoms with Crippen LogP contribution in [0.15, 0.2) is 58.9 Å². The van der Waals surface area contributed by atoms with Crippen molar-refractivity contribution in [1.82, 2.24) is 9.88 Å². The van der Waals surface area contributed by atoms with Gasteiger partial charge in [0.1, 0.15) is 17.8 Å². The van der Waals surface area contributed by atoms with E-state index in [9.17, 15) is 5.26 Å². The quantitative estimate of drug-likeness (QED) is 0.796. The minimum absolute atomic E-state index is 0.180. The molecule has 0 aromatic carbocycles. The first kappa shape index (κ1) is 18.5. The molecule has 144 valence electrons. The number of nitriles is 1. The van der Waals surface area contributed by atoms with Crippen LogP contribution in [0.2, 0.25) is 0 Å². The van der Waals surface area contributed by atoms with E-state index in [4.69, 9.17) is 9.47 Å². The summed E-state index contributed by atoms with van der Waals surface area (Å²) in [5.41, 5.74) is 7.79. The van der Waals surface area contributed by atoms with E-state index in [1.807, 2.05) is 19.2 Å². The SMILES string of the molecule is COC1=CC2=C3C(C#N)C(c4ccncc4C)=C(C)N3C(C)CC2=CC1OC. The van der Waals surface area contributed by atoms with Gasteiger partial charge in [-0.3, -0.25) is 4.98 Å². The molecule has 4 rings (SSSR count). The Labute approximate surface area is 166 Å². The molecule has 0 N–H and O–H groups in total. The third-order valence-corrected chi connectivity index (χ3v) is 6.00. The lowest BCUT2D eigenvalue weighted by Gasteiger charge is -2.39. The Hall–Kier alpha value is -2.84. The van der Waals surface area contributed by atoms with Gasteiger partial charge in [-0.1, -0.05) is 0 Å². The van der Waals surface area contributed by atoms with Gasteiger partial charge < -0.3 is 14.4 Å². The van der Waals surface area contributed by atoms with Crippen LogP contribution in [0.3, 0.4) is 0 Å². The van der Waals surface area contributed by atoms with Crippen molar-refractivity contribution in [3.05, 3.63) is 70.0 Å². The predicted octanol–water partition coefficient (Wildman–Crippen LogP) is 4.11. The van der Waals surface area contributed by atoms with E-state index in [0.29, 0.717) is 0 Å². The van der Waals surface area contributed by atoms with Crippen molar-refractivity contribution in [3.63, 3.8) is 0 Å². The van der Waals surface area contributed by atoms with Gasteiger partial charge in [-0.2, -0.15) is 5.26 Å². The number of pyridine rings is 1. The standard InChI is InChI=1S/C23H25N3O2/c1-13-12-25-7-6-17(13)22-15(3)26-14(2)8-16-9-20(27-4)21(28-5)10-18(16)23(26)19(22)11-24/h6-7,9-10,12,14,19-20H,8H2,1-5H3. The highest BCUT2D eigenvalue weighted by molar-refractivity contribution is 5.80. The van der Waals surface area contributed by atoms with Crippen molar-refractivity contribution >= 4 is 5.57 Å². The van der Waals surface area contributed by atoms with Crippen LogP contribution in [0.1, 0.15) is 31.4 Å². The van der Waals surface area contributed by atoms with E-state index >= 15 is 0 Å². The van der Waals surface area contributed by atoms with Crippen LogP contribution in [0.25, 0.3) is 5.57 Å². The van der Waals surface area contributed by atoms with Crippen LogP contribution in [0.5, 0.6) is 0 Å². The summed E-state index contributed by atoms with van der Waals surface area (Å²) < 4.78 is 11.2. The molecule has 1 aromatic rings. The van der Waals surface area contributed by atoms with Crippen molar-refractivity contribution in [2.24, 2.45) is 5.92 Å². The highest BCUT2D eigenvalue weighted by Gasteiger charge is 2.43. The smallest absolute Gasteiger partial charge is 0.133 e. The molecule has 0 spiro atoms. The highest BCUT2D eigenvalue weighted by Crippen LogP contribution is 2.51. The number of aryl methyl sites for hydroxylation is 1. The summed E-state index contributed by atoms with van der Waals surface area (Å²) in [4.78, 5) is 6.56. The lowest BCUT2D eigenvalue weighted by atomic mass is 9.82. The first-order valence-corrected chi connectivity index (χ1v) is 9.56. The van der Waals surface area contributed by atoms with Gasteiger partial charge >= 0.3 is 0 Å². The Bertz CT molecular complexity index is 993. The van der Waals surface area contributed by atoms with Crippen LogP contribution in [-0.4, -0.2) is 36.2 Å². The second-order valence-corrected chi connectivity index (χ2v) is 7.57. The first-order chi connectivity index (χ1) is 13.5. The Kier molecular flexibility index (Phi) is 4.60. The molecule has 5 heteroatoms. The number of allylic oxidation sites excluding steroid dienone is 4. The topological polar surface area (TPSA) is 58.4 Å². The molecular weight excluding hydrogens is 350 g/mol. The average molecular weight is 375 g/mol. The summed E-state index contributed by atoms with van der Waals surface area (Å²) in [5, 5.41) is 10.2. The maximum atomic E-state index is 10.2. The average Bonchev–Trinajstić information content (AvgIpc) is 3.00. The first-order valence-electron chi connectivity index (χ1n) is 9.56. The lowest BCUT2D eigenvalue weighted by Crippen LogP contribution is -2.36. The second-order valence-electron chi connectivity index (χ2n) is 7.57. The number of ether oxygens (including phenoxy) is 2. The fraction of sp³-hybridized carbons (Fsp3) is 0.391. The Morgan fingerprint density at radius 2 is 2.07 bits per heavy atom. The zero-order valence-electron chi connectivity index (χ0n) is 17.0. The summed E-state index contributed by atoms with van der Waals surface area (Å²) in [6, 6.07) is 4.86. The molecule has 0 saturated heterocycles. The molecule has 2 aliphatic heterocycles. The fourth-order valence-corrected chi connectivity index (χ4v) is 4.76. The zero-order chi connectivity index (χ0) is 20.0. The van der Waals surface area contributed by atoms with Crippen LogP contribution in [-0.2, 0) is 9.47 Å². The highest BCUT2D eigenvalue weighted by atomic mass is 16.5. The number of nitrogens with zero attached hydrogens (tertiary/aromatic N) is 3. The predicted molar refractivity (Wildman–Crippen MR) is 108 cm³/mol. The molecule has 5 nitrogen and oxygen atoms in total. The molecule has 3 aliphatic rings. The van der Waals surface area contributed by atoms with Gasteiger partial charge in [0.2, 0.25) is 0 Å². The van der Waals surface area contributed by atoms with Crippen molar-refractivity contribution in [1.29, 1.82) is 5.26 Å². The minimum Gasteiger partial charge on any atom is -0.498 e. The number of hydrogen-bond acceptors (Lipinski definition) is 5. The molecule has 3 atom stereocenters. The van der Waals surface area contributed by atoms with Crippen molar-refractivity contribution in [2.75, 3.05) is 14.2 Å². The molecule has 0 fully saturated rings. The van der Waals surface area contributed by atoms with Crippen molar-refractivity contribution in [3.8, 4) is 6.07 Å². The molecule has 0 bridgehead atoms. The van der Waals surface area contributed by atoms with Gasteiger partial charge in [0.25, 0.3) is 0 Å². The second kappa shape index (κ2) is 6.96. The van der Waals surface area contributed by atoms with Gasteiger partial charge in [-0.15, -0.1) is 0 Å². The maximum absolute atomic E-state index is 10.2. The van der Waals surface area contributed by atoms with E-state index < -0.39 is 0 Å². The normalized spacial score (nSPS) is 26.4. The van der Waals surface area contributed by atoms with Gasteiger partial charge in [-0.05, 0) is 62.1 Å². The molecule has 0 saturated carbocycles. The third kappa shape index (κ3) is 2.60. The molecule has 1 aliphatic carbocycles. The molecule has 0 amide bonds. The number of rotatable bonds is 3. The van der Waals surface area contributed by atoms with E-state index in [2.05, 4.69) is 42.0 Å². The molecule has 1 aromatic heterocycles. The summed E-state index contributed by atoms with van der Waals surface area (Å²) >= 11 is 0. The number of fused-ring (bicyclic) bond motifs is 2. The Morgan fingerprint density at radius 3 is 2.71 bits per heavy atom. The van der Waals surface area contributed by atoms with Gasteiger partial charge in [0.05, 0.1) is 13.2 Å². The van der Waals surface area contributed by atoms with Gasteiger partial charge in [-0.25, -0.2) is 0 Å². The van der Waals surface area contributed by atoms with Crippen molar-refractivity contribution in [2.45, 2.75) is 39.3 Å². The maximum Gasteiger partial charge on any atom is 0.133 e. The van der Waals surface area contributed by atoms with E-state index in [-0.39, 0.29) is 18.1 Å².